The fraction of sp³-hybridized carbons (Fsp3) is 0.0526. The average Bonchev–Trinajstić information content (AvgIpc) is 3.28. The van der Waals surface area contributed by atoms with Gasteiger partial charge in [0.2, 0.25) is 4.96 Å². The molecule has 5 rings (SSSR count). The van der Waals surface area contributed by atoms with E-state index in [1.807, 2.05) is 18.2 Å². The van der Waals surface area contributed by atoms with Gasteiger partial charge in [0.05, 0.1) is 16.3 Å². The molecule has 0 radical (unpaired) electrons. The Morgan fingerprint density at radius 2 is 1.86 bits per heavy atom. The van der Waals surface area contributed by atoms with Crippen LogP contribution in [0.25, 0.3) is 21.9 Å². The van der Waals surface area contributed by atoms with Crippen molar-refractivity contribution in [2.24, 2.45) is 0 Å². The molecule has 2 aromatic carbocycles. The Morgan fingerprint density at radius 3 is 2.59 bits per heavy atom. The van der Waals surface area contributed by atoms with E-state index >= 15 is 0 Å². The zero-order valence-electron chi connectivity index (χ0n) is 14.6. The minimum absolute atomic E-state index is 0.235. The maximum absolute atomic E-state index is 13.1. The number of halogens is 3. The molecule has 4 aromatic rings. The molecule has 0 fully saturated rings. The lowest BCUT2D eigenvalue weighted by atomic mass is 10.1. The molecule has 1 amide bonds. The standard InChI is InChI=1S/C19H9BrCl2N4O2S/c1-25-13-5-2-8(20)6-11(13)14(17(25)27)15-18(28)26-19(29-15)23-16(24-26)10-4-3-9(21)7-12(10)22/h2-7H,1H3. The third-order valence-corrected chi connectivity index (χ3v) is 6.74. The largest absolute Gasteiger partial charge is 0.311 e. The van der Waals surface area contributed by atoms with Crippen LogP contribution >= 0.6 is 50.5 Å². The van der Waals surface area contributed by atoms with Crippen molar-refractivity contribution >= 4 is 72.6 Å². The zero-order valence-corrected chi connectivity index (χ0v) is 18.5. The molecule has 0 atom stereocenters. The van der Waals surface area contributed by atoms with E-state index in [0.29, 0.717) is 42.1 Å². The van der Waals surface area contributed by atoms with Gasteiger partial charge in [0.15, 0.2) is 5.82 Å². The lowest BCUT2D eigenvalue weighted by Gasteiger charge is -2.08. The highest BCUT2D eigenvalue weighted by atomic mass is 79.9. The first kappa shape index (κ1) is 18.7. The molecule has 0 saturated heterocycles. The summed E-state index contributed by atoms with van der Waals surface area (Å²) in [6.45, 7) is 0. The number of thiazole rings is 1. The van der Waals surface area contributed by atoms with E-state index in [1.54, 1.807) is 25.2 Å². The summed E-state index contributed by atoms with van der Waals surface area (Å²) >= 11 is 16.7. The third-order valence-electron chi connectivity index (χ3n) is 4.66. The number of likely N-dealkylation sites (N-methyl/N-ethyl adjacent to an activating group) is 1. The lowest BCUT2D eigenvalue weighted by molar-refractivity contribution is -0.112. The van der Waals surface area contributed by atoms with Gasteiger partial charge in [-0.3, -0.25) is 9.59 Å². The second-order valence-electron chi connectivity index (χ2n) is 6.39. The van der Waals surface area contributed by atoms with Crippen LogP contribution in [0, 0.1) is 0 Å². The summed E-state index contributed by atoms with van der Waals surface area (Å²) < 4.78 is 2.34. The van der Waals surface area contributed by atoms with Gasteiger partial charge in [0.25, 0.3) is 11.5 Å². The van der Waals surface area contributed by atoms with Crippen molar-refractivity contribution < 1.29 is 4.79 Å². The number of carbonyl (C=O) groups excluding carboxylic acids is 1. The minimum Gasteiger partial charge on any atom is -0.311 e. The highest BCUT2D eigenvalue weighted by molar-refractivity contribution is 9.10. The first-order chi connectivity index (χ1) is 13.8. The molecule has 1 aliphatic rings. The number of anilines is 1. The fourth-order valence-electron chi connectivity index (χ4n) is 3.28. The Kier molecular flexibility index (Phi) is 4.29. The van der Waals surface area contributed by atoms with Crippen molar-refractivity contribution in [3.63, 3.8) is 0 Å². The van der Waals surface area contributed by atoms with Crippen molar-refractivity contribution in [3.8, 4) is 11.4 Å². The Bertz CT molecular complexity index is 1460. The van der Waals surface area contributed by atoms with E-state index in [2.05, 4.69) is 26.0 Å². The molecule has 0 saturated carbocycles. The van der Waals surface area contributed by atoms with Crippen molar-refractivity contribution in [2.75, 3.05) is 11.9 Å². The van der Waals surface area contributed by atoms with Crippen LogP contribution in [0.15, 0.2) is 45.7 Å². The monoisotopic (exact) mass is 506 g/mol. The van der Waals surface area contributed by atoms with Crippen LogP contribution in [0.1, 0.15) is 5.56 Å². The van der Waals surface area contributed by atoms with E-state index in [9.17, 15) is 9.59 Å². The lowest BCUT2D eigenvalue weighted by Crippen LogP contribution is -2.30. The van der Waals surface area contributed by atoms with Crippen molar-refractivity contribution in [3.05, 3.63) is 71.4 Å². The number of amides is 1. The summed E-state index contributed by atoms with van der Waals surface area (Å²) in [6.07, 6.45) is 0. The number of carbonyl (C=O) groups is 1. The molecule has 0 aliphatic carbocycles. The van der Waals surface area contributed by atoms with E-state index in [0.717, 1.165) is 21.5 Å². The molecule has 3 heterocycles. The quantitative estimate of drug-likeness (QED) is 0.393. The molecule has 29 heavy (non-hydrogen) atoms. The van der Waals surface area contributed by atoms with Gasteiger partial charge < -0.3 is 4.90 Å². The topological polar surface area (TPSA) is 67.6 Å². The van der Waals surface area contributed by atoms with Crippen LogP contribution in [0.2, 0.25) is 10.0 Å². The zero-order chi connectivity index (χ0) is 20.4. The van der Waals surface area contributed by atoms with Crippen LogP contribution in [-0.4, -0.2) is 27.6 Å². The fourth-order valence-corrected chi connectivity index (χ4v) is 5.13. The van der Waals surface area contributed by atoms with E-state index in [-0.39, 0.29) is 5.91 Å². The summed E-state index contributed by atoms with van der Waals surface area (Å²) in [5.74, 6) is 0.0882. The van der Waals surface area contributed by atoms with Gasteiger partial charge in [-0.15, -0.1) is 5.10 Å². The predicted octanol–water partition coefficient (Wildman–Crippen LogP) is 3.78. The van der Waals surface area contributed by atoms with E-state index in [1.165, 1.54) is 9.42 Å². The number of hydrogen-bond donors (Lipinski definition) is 0. The number of fused-ring (bicyclic) bond motifs is 2. The van der Waals surface area contributed by atoms with Crippen molar-refractivity contribution in [2.45, 2.75) is 0 Å². The molecule has 0 bridgehead atoms. The molecule has 10 heteroatoms. The van der Waals surface area contributed by atoms with Crippen LogP contribution in [-0.2, 0) is 4.79 Å². The van der Waals surface area contributed by atoms with Gasteiger partial charge in [-0.05, 0) is 36.4 Å². The van der Waals surface area contributed by atoms with Crippen LogP contribution in [0.4, 0.5) is 5.69 Å². The summed E-state index contributed by atoms with van der Waals surface area (Å²) in [4.78, 5) is 32.3. The Balaban J connectivity index is 1.76. The first-order valence-corrected chi connectivity index (χ1v) is 10.7. The smallest absolute Gasteiger partial charge is 0.291 e. The van der Waals surface area contributed by atoms with Gasteiger partial charge in [-0.2, -0.15) is 9.50 Å². The Morgan fingerprint density at radius 1 is 1.07 bits per heavy atom. The molecular formula is C19H9BrCl2N4O2S. The van der Waals surface area contributed by atoms with E-state index in [4.69, 9.17) is 23.2 Å². The molecular weight excluding hydrogens is 499 g/mol. The SMILES string of the molecule is CN1C(=O)C(=c2sc3nc(-c4ccc(Cl)cc4Cl)nn3c2=O)c2cc(Br)ccc21. The van der Waals surface area contributed by atoms with Crippen LogP contribution in [0.3, 0.4) is 0 Å². The number of aromatic nitrogens is 3. The number of rotatable bonds is 1. The van der Waals surface area contributed by atoms with E-state index < -0.39 is 5.56 Å². The normalized spacial score (nSPS) is 15.4. The Hall–Kier alpha value is -2.26. The molecule has 0 unspecified atom stereocenters. The van der Waals surface area contributed by atoms with Gasteiger partial charge in [0, 0.05) is 27.7 Å². The van der Waals surface area contributed by atoms with Crippen LogP contribution < -0.4 is 15.0 Å². The number of benzene rings is 2. The minimum atomic E-state index is -0.390. The van der Waals surface area contributed by atoms with Crippen molar-refractivity contribution in [1.82, 2.24) is 14.6 Å². The average molecular weight is 508 g/mol. The molecule has 0 N–H and O–H groups in total. The maximum Gasteiger partial charge on any atom is 0.291 e. The van der Waals surface area contributed by atoms with Gasteiger partial charge in [-0.25, -0.2) is 0 Å². The van der Waals surface area contributed by atoms with Gasteiger partial charge in [0.1, 0.15) is 4.53 Å². The summed E-state index contributed by atoms with van der Waals surface area (Å²) in [5, 5.41) is 5.20. The summed E-state index contributed by atoms with van der Waals surface area (Å²) in [7, 11) is 1.68. The van der Waals surface area contributed by atoms with Gasteiger partial charge in [-0.1, -0.05) is 50.5 Å². The molecule has 6 nitrogen and oxygen atoms in total. The maximum atomic E-state index is 13.1. The third kappa shape index (κ3) is 2.82. The molecule has 1 aliphatic heterocycles. The summed E-state index contributed by atoms with van der Waals surface area (Å²) in [5.41, 5.74) is 2.00. The second kappa shape index (κ2) is 6.63. The molecule has 144 valence electrons. The Labute approximate surface area is 186 Å². The second-order valence-corrected chi connectivity index (χ2v) is 9.13. The predicted molar refractivity (Wildman–Crippen MR) is 118 cm³/mol. The number of nitrogens with zero attached hydrogens (tertiary/aromatic N) is 4. The van der Waals surface area contributed by atoms with Gasteiger partial charge >= 0.3 is 0 Å². The number of hydrogen-bond acceptors (Lipinski definition) is 5. The van der Waals surface area contributed by atoms with Crippen LogP contribution in [0.5, 0.6) is 0 Å². The van der Waals surface area contributed by atoms with Crippen molar-refractivity contribution in [1.29, 1.82) is 0 Å². The molecule has 0 spiro atoms. The molecule has 2 aromatic heterocycles. The summed E-state index contributed by atoms with van der Waals surface area (Å²) in [6, 6.07) is 10.5. The highest BCUT2D eigenvalue weighted by Crippen LogP contribution is 2.36. The first-order valence-electron chi connectivity index (χ1n) is 8.32. The highest BCUT2D eigenvalue weighted by Gasteiger charge is 2.32.